The first-order valence-electron chi connectivity index (χ1n) is 7.91. The van der Waals surface area contributed by atoms with Gasteiger partial charge < -0.3 is 4.90 Å². The molecule has 0 fully saturated rings. The summed E-state index contributed by atoms with van der Waals surface area (Å²) in [7, 11) is 0. The topological polar surface area (TPSA) is 40.6 Å². The molecule has 0 spiro atoms. The van der Waals surface area contributed by atoms with Crippen LogP contribution >= 0.6 is 0 Å². The van der Waals surface area contributed by atoms with Crippen molar-refractivity contribution in [2.24, 2.45) is 0 Å². The van der Waals surface area contributed by atoms with Gasteiger partial charge in [0.2, 0.25) is 5.91 Å². The van der Waals surface area contributed by atoms with Crippen LogP contribution in [-0.2, 0) is 4.79 Å². The third kappa shape index (κ3) is 2.40. The summed E-state index contributed by atoms with van der Waals surface area (Å²) in [5.74, 6) is 0.0208. The zero-order valence-electron chi connectivity index (χ0n) is 13.7. The fourth-order valence-corrected chi connectivity index (χ4v) is 3.01. The van der Waals surface area contributed by atoms with Crippen LogP contribution in [0.1, 0.15) is 36.7 Å². The van der Waals surface area contributed by atoms with Crippen molar-refractivity contribution in [3.8, 4) is 0 Å². The van der Waals surface area contributed by atoms with Gasteiger partial charge in [-0.05, 0) is 44.6 Å². The Kier molecular flexibility index (Phi) is 3.90. The Bertz CT molecular complexity index is 767. The number of hydrogen-bond acceptors (Lipinski definition) is 2. The molecule has 0 saturated carbocycles. The molecule has 2 aliphatic rings. The molecular weight excluding hydrogens is 288 g/mol. The van der Waals surface area contributed by atoms with E-state index in [4.69, 9.17) is 0 Å². The van der Waals surface area contributed by atoms with Gasteiger partial charge in [0.25, 0.3) is 5.91 Å². The van der Waals surface area contributed by atoms with Crippen LogP contribution in [0.2, 0.25) is 0 Å². The third-order valence-electron chi connectivity index (χ3n) is 4.41. The Morgan fingerprint density at radius 1 is 1.13 bits per heavy atom. The number of carbonyl (C=O) groups is 2. The number of hydrogen-bond donors (Lipinski definition) is 0. The van der Waals surface area contributed by atoms with E-state index in [9.17, 15) is 9.59 Å². The van der Waals surface area contributed by atoms with Crippen LogP contribution < -0.4 is 0 Å². The lowest BCUT2D eigenvalue weighted by Gasteiger charge is -2.22. The molecule has 0 atom stereocenters. The minimum absolute atomic E-state index is 0.0186. The highest BCUT2D eigenvalue weighted by Crippen LogP contribution is 2.36. The summed E-state index contributed by atoms with van der Waals surface area (Å²) in [5, 5.41) is 0. The van der Waals surface area contributed by atoms with Gasteiger partial charge >= 0.3 is 0 Å². The van der Waals surface area contributed by atoms with Gasteiger partial charge in [-0.15, -0.1) is 0 Å². The monoisotopic (exact) mass is 308 g/mol. The molecule has 4 heteroatoms. The second-order valence-electron chi connectivity index (χ2n) is 5.62. The van der Waals surface area contributed by atoms with Gasteiger partial charge in [-0.25, -0.2) is 0 Å². The van der Waals surface area contributed by atoms with Crippen LogP contribution in [0.25, 0.3) is 5.70 Å². The molecule has 2 amide bonds. The van der Waals surface area contributed by atoms with Crippen molar-refractivity contribution >= 4 is 17.5 Å². The summed E-state index contributed by atoms with van der Waals surface area (Å²) in [6.45, 7) is 7.17. The summed E-state index contributed by atoms with van der Waals surface area (Å²) in [6.07, 6.45) is 5.52. The minimum atomic E-state index is -0.0186. The molecule has 0 aliphatic carbocycles. The molecule has 3 rings (SSSR count). The Balaban J connectivity index is 2.03. The molecule has 1 aromatic carbocycles. The summed E-state index contributed by atoms with van der Waals surface area (Å²) in [4.78, 5) is 28.4. The number of benzene rings is 1. The third-order valence-corrected chi connectivity index (χ3v) is 4.41. The van der Waals surface area contributed by atoms with Gasteiger partial charge in [0.05, 0.1) is 5.70 Å². The van der Waals surface area contributed by atoms with Crippen molar-refractivity contribution in [2.75, 3.05) is 13.1 Å². The lowest BCUT2D eigenvalue weighted by Crippen LogP contribution is -2.31. The quantitative estimate of drug-likeness (QED) is 0.805. The van der Waals surface area contributed by atoms with Crippen molar-refractivity contribution in [3.63, 3.8) is 0 Å². The number of fused-ring (bicyclic) bond motifs is 3. The molecule has 2 aliphatic heterocycles. The normalized spacial score (nSPS) is 17.6. The van der Waals surface area contributed by atoms with Gasteiger partial charge in [0.1, 0.15) is 0 Å². The van der Waals surface area contributed by atoms with Crippen molar-refractivity contribution < 1.29 is 9.59 Å². The summed E-state index contributed by atoms with van der Waals surface area (Å²) < 4.78 is 0. The largest absolute Gasteiger partial charge is 0.339 e. The average Bonchev–Trinajstić information content (AvgIpc) is 2.88. The molecule has 1 aromatic rings. The molecule has 4 nitrogen and oxygen atoms in total. The van der Waals surface area contributed by atoms with Crippen molar-refractivity contribution in [3.05, 3.63) is 64.9 Å². The van der Waals surface area contributed by atoms with Crippen LogP contribution in [0, 0.1) is 0 Å². The molecule has 0 N–H and O–H groups in total. The molecule has 0 bridgehead atoms. The predicted molar refractivity (Wildman–Crippen MR) is 90.4 cm³/mol. The van der Waals surface area contributed by atoms with Crippen LogP contribution in [0.4, 0.5) is 0 Å². The SMILES string of the molecule is CCN(CC)C(=O)/C(C)=C1\C=CN2C(=O)c3ccccc3C2=C1. The van der Waals surface area contributed by atoms with Gasteiger partial charge in [-0.3, -0.25) is 14.5 Å². The van der Waals surface area contributed by atoms with Crippen LogP contribution in [-0.4, -0.2) is 34.7 Å². The highest BCUT2D eigenvalue weighted by molar-refractivity contribution is 6.11. The average molecular weight is 308 g/mol. The maximum absolute atomic E-state index is 12.5. The van der Waals surface area contributed by atoms with E-state index in [1.807, 2.05) is 57.2 Å². The Morgan fingerprint density at radius 3 is 2.43 bits per heavy atom. The van der Waals surface area contributed by atoms with E-state index in [0.717, 1.165) is 16.8 Å². The highest BCUT2D eigenvalue weighted by atomic mass is 16.2. The Morgan fingerprint density at radius 2 is 1.78 bits per heavy atom. The Hall–Kier alpha value is -2.62. The lowest BCUT2D eigenvalue weighted by atomic mass is 10.0. The predicted octanol–water partition coefficient (Wildman–Crippen LogP) is 3.20. The van der Waals surface area contributed by atoms with Crippen LogP contribution in [0.15, 0.2) is 53.8 Å². The van der Waals surface area contributed by atoms with E-state index >= 15 is 0 Å². The fourth-order valence-electron chi connectivity index (χ4n) is 3.01. The summed E-state index contributed by atoms with van der Waals surface area (Å²) in [5.41, 5.74) is 4.03. The van der Waals surface area contributed by atoms with Crippen molar-refractivity contribution in [1.29, 1.82) is 0 Å². The molecule has 0 saturated heterocycles. The lowest BCUT2D eigenvalue weighted by molar-refractivity contribution is -0.126. The fraction of sp³-hybridized carbons (Fsp3) is 0.263. The van der Waals surface area contributed by atoms with Crippen LogP contribution in [0.3, 0.4) is 0 Å². The number of nitrogens with zero attached hydrogens (tertiary/aromatic N) is 2. The molecule has 23 heavy (non-hydrogen) atoms. The maximum atomic E-state index is 12.5. The molecule has 0 aromatic heterocycles. The van der Waals surface area contributed by atoms with E-state index in [1.54, 1.807) is 16.0 Å². The van der Waals surface area contributed by atoms with Gasteiger partial charge in [-0.1, -0.05) is 18.2 Å². The molecule has 0 unspecified atom stereocenters. The smallest absolute Gasteiger partial charge is 0.263 e. The molecule has 0 radical (unpaired) electrons. The van der Waals surface area contributed by atoms with Gasteiger partial charge in [-0.2, -0.15) is 0 Å². The van der Waals surface area contributed by atoms with E-state index in [1.165, 1.54) is 0 Å². The maximum Gasteiger partial charge on any atom is 0.263 e. The van der Waals surface area contributed by atoms with E-state index < -0.39 is 0 Å². The zero-order valence-corrected chi connectivity index (χ0v) is 13.7. The molecule has 2 heterocycles. The number of likely N-dealkylation sites (N-methyl/N-ethyl adjacent to an activating group) is 1. The molecule has 118 valence electrons. The summed E-state index contributed by atoms with van der Waals surface area (Å²) in [6, 6.07) is 7.57. The van der Waals surface area contributed by atoms with E-state index in [2.05, 4.69) is 0 Å². The van der Waals surface area contributed by atoms with Crippen molar-refractivity contribution in [1.82, 2.24) is 9.80 Å². The number of allylic oxidation sites excluding steroid dienone is 3. The van der Waals surface area contributed by atoms with Crippen LogP contribution in [0.5, 0.6) is 0 Å². The number of rotatable bonds is 3. The number of carbonyl (C=O) groups excluding carboxylic acids is 2. The van der Waals surface area contributed by atoms with Gasteiger partial charge in [0.15, 0.2) is 0 Å². The standard InChI is InChI=1S/C19H20N2O2/c1-4-20(5-2)18(22)13(3)14-10-11-21-17(12-14)15-8-6-7-9-16(15)19(21)23/h6-12H,4-5H2,1-3H3/b14-13+. The second-order valence-corrected chi connectivity index (χ2v) is 5.62. The first kappa shape index (κ1) is 15.3. The van der Waals surface area contributed by atoms with Gasteiger partial charge in [0, 0.05) is 36.0 Å². The highest BCUT2D eigenvalue weighted by Gasteiger charge is 2.32. The summed E-state index contributed by atoms with van der Waals surface area (Å²) >= 11 is 0. The van der Waals surface area contributed by atoms with E-state index in [0.29, 0.717) is 24.2 Å². The molecular formula is C19H20N2O2. The first-order valence-corrected chi connectivity index (χ1v) is 7.91. The van der Waals surface area contributed by atoms with E-state index in [-0.39, 0.29) is 11.8 Å². The minimum Gasteiger partial charge on any atom is -0.339 e. The first-order chi connectivity index (χ1) is 11.1. The van der Waals surface area contributed by atoms with Crippen molar-refractivity contribution in [2.45, 2.75) is 20.8 Å². The zero-order chi connectivity index (χ0) is 16.6. The second kappa shape index (κ2) is 5.88. The number of amides is 2. The Labute approximate surface area is 136 Å².